The SMILES string of the molecule is COc1cc(/C=N/OCC(=O)N2CC(C)OC(C)C2)ccc1OC(F)F. The molecule has 0 bridgehead atoms. The highest BCUT2D eigenvalue weighted by Crippen LogP contribution is 2.28. The minimum absolute atomic E-state index is 0.0207. The Hall–Kier alpha value is -2.42. The van der Waals surface area contributed by atoms with Crippen LogP contribution in [0.25, 0.3) is 0 Å². The predicted molar refractivity (Wildman–Crippen MR) is 89.8 cm³/mol. The Labute approximate surface area is 150 Å². The summed E-state index contributed by atoms with van der Waals surface area (Å²) in [5.74, 6) is -0.115. The summed E-state index contributed by atoms with van der Waals surface area (Å²) in [7, 11) is 1.34. The molecule has 0 aromatic heterocycles. The molecule has 1 aliphatic rings. The average Bonchev–Trinajstić information content (AvgIpc) is 2.58. The van der Waals surface area contributed by atoms with Crippen LogP contribution in [0.3, 0.4) is 0 Å². The first-order valence-electron chi connectivity index (χ1n) is 8.10. The zero-order valence-electron chi connectivity index (χ0n) is 14.9. The van der Waals surface area contributed by atoms with Crippen LogP contribution >= 0.6 is 0 Å². The fraction of sp³-hybridized carbons (Fsp3) is 0.529. The predicted octanol–water partition coefficient (Wildman–Crippen LogP) is 2.28. The van der Waals surface area contributed by atoms with Crippen LogP contribution in [-0.4, -0.2) is 62.6 Å². The van der Waals surface area contributed by atoms with Gasteiger partial charge in [-0.25, -0.2) is 0 Å². The van der Waals surface area contributed by atoms with E-state index in [9.17, 15) is 13.6 Å². The van der Waals surface area contributed by atoms with E-state index in [-0.39, 0.29) is 36.2 Å². The van der Waals surface area contributed by atoms with E-state index in [4.69, 9.17) is 14.3 Å². The van der Waals surface area contributed by atoms with Crippen LogP contribution in [-0.2, 0) is 14.4 Å². The summed E-state index contributed by atoms with van der Waals surface area (Å²) < 4.78 is 39.5. The van der Waals surface area contributed by atoms with Crippen LogP contribution in [0.5, 0.6) is 11.5 Å². The number of alkyl halides is 2. The molecule has 1 aromatic rings. The lowest BCUT2D eigenvalue weighted by atomic mass is 10.2. The molecule has 1 amide bonds. The van der Waals surface area contributed by atoms with Crippen molar-refractivity contribution >= 4 is 12.1 Å². The van der Waals surface area contributed by atoms with Gasteiger partial charge in [-0.3, -0.25) is 4.79 Å². The number of carbonyl (C=O) groups excluding carboxylic acids is 1. The van der Waals surface area contributed by atoms with E-state index in [0.717, 1.165) is 0 Å². The van der Waals surface area contributed by atoms with Crippen molar-refractivity contribution in [2.24, 2.45) is 5.16 Å². The lowest BCUT2D eigenvalue weighted by Crippen LogP contribution is -2.49. The molecule has 0 N–H and O–H groups in total. The van der Waals surface area contributed by atoms with E-state index in [2.05, 4.69) is 9.89 Å². The van der Waals surface area contributed by atoms with E-state index < -0.39 is 6.61 Å². The van der Waals surface area contributed by atoms with E-state index >= 15 is 0 Å². The summed E-state index contributed by atoms with van der Waals surface area (Å²) in [4.78, 5) is 18.8. The first-order chi connectivity index (χ1) is 12.4. The molecule has 1 aromatic carbocycles. The number of rotatable bonds is 7. The Bertz CT molecular complexity index is 632. The van der Waals surface area contributed by atoms with Gasteiger partial charge in [-0.2, -0.15) is 8.78 Å². The molecule has 1 fully saturated rings. The molecule has 1 heterocycles. The van der Waals surface area contributed by atoms with Gasteiger partial charge >= 0.3 is 6.61 Å². The van der Waals surface area contributed by atoms with Gasteiger partial charge in [0.1, 0.15) is 0 Å². The van der Waals surface area contributed by atoms with Gasteiger partial charge in [0.25, 0.3) is 5.91 Å². The fourth-order valence-corrected chi connectivity index (χ4v) is 2.62. The lowest BCUT2D eigenvalue weighted by molar-refractivity contribution is -0.147. The number of carbonyl (C=O) groups is 1. The number of oxime groups is 1. The maximum Gasteiger partial charge on any atom is 0.387 e. The molecule has 2 unspecified atom stereocenters. The number of hydrogen-bond acceptors (Lipinski definition) is 6. The first kappa shape index (κ1) is 19.9. The van der Waals surface area contributed by atoms with Crippen molar-refractivity contribution in [3.63, 3.8) is 0 Å². The van der Waals surface area contributed by atoms with E-state index in [0.29, 0.717) is 18.7 Å². The molecular formula is C17H22F2N2O5. The molecule has 144 valence electrons. The van der Waals surface area contributed by atoms with Crippen LogP contribution in [0.1, 0.15) is 19.4 Å². The molecule has 7 nitrogen and oxygen atoms in total. The third-order valence-corrected chi connectivity index (χ3v) is 3.64. The summed E-state index contributed by atoms with van der Waals surface area (Å²) >= 11 is 0. The lowest BCUT2D eigenvalue weighted by Gasteiger charge is -2.34. The van der Waals surface area contributed by atoms with Crippen LogP contribution in [0.2, 0.25) is 0 Å². The van der Waals surface area contributed by atoms with Gasteiger partial charge in [-0.1, -0.05) is 5.16 Å². The van der Waals surface area contributed by atoms with Crippen molar-refractivity contribution in [1.29, 1.82) is 0 Å². The molecule has 1 aliphatic heterocycles. The van der Waals surface area contributed by atoms with Gasteiger partial charge in [0.2, 0.25) is 0 Å². The Morgan fingerprint density at radius 1 is 1.35 bits per heavy atom. The van der Waals surface area contributed by atoms with Gasteiger partial charge in [0.15, 0.2) is 18.1 Å². The van der Waals surface area contributed by atoms with Gasteiger partial charge in [0, 0.05) is 18.7 Å². The van der Waals surface area contributed by atoms with Crippen LogP contribution in [0.15, 0.2) is 23.4 Å². The summed E-state index contributed by atoms with van der Waals surface area (Å²) in [5.41, 5.74) is 0.546. The maximum absolute atomic E-state index is 12.3. The largest absolute Gasteiger partial charge is 0.493 e. The third-order valence-electron chi connectivity index (χ3n) is 3.64. The number of halogens is 2. The first-order valence-corrected chi connectivity index (χ1v) is 8.10. The zero-order chi connectivity index (χ0) is 19.1. The van der Waals surface area contributed by atoms with Crippen molar-refractivity contribution in [2.75, 3.05) is 26.8 Å². The van der Waals surface area contributed by atoms with E-state index in [1.807, 2.05) is 13.8 Å². The highest BCUT2D eigenvalue weighted by Gasteiger charge is 2.25. The molecule has 26 heavy (non-hydrogen) atoms. The van der Waals surface area contributed by atoms with Crippen molar-refractivity contribution in [1.82, 2.24) is 4.90 Å². The highest BCUT2D eigenvalue weighted by atomic mass is 19.3. The van der Waals surface area contributed by atoms with Gasteiger partial charge in [0.05, 0.1) is 25.5 Å². The second kappa shape index (κ2) is 9.33. The monoisotopic (exact) mass is 372 g/mol. The van der Waals surface area contributed by atoms with Crippen molar-refractivity contribution in [2.45, 2.75) is 32.7 Å². The summed E-state index contributed by atoms with van der Waals surface area (Å²) in [6, 6.07) is 4.33. The Morgan fingerprint density at radius 2 is 2.04 bits per heavy atom. The minimum atomic E-state index is -2.94. The van der Waals surface area contributed by atoms with Gasteiger partial charge in [-0.05, 0) is 32.0 Å². The molecule has 2 atom stereocenters. The third kappa shape index (κ3) is 5.83. The Morgan fingerprint density at radius 3 is 2.65 bits per heavy atom. The molecule has 2 rings (SSSR count). The summed E-state index contributed by atoms with van der Waals surface area (Å²) in [5, 5.41) is 3.73. The second-order valence-corrected chi connectivity index (χ2v) is 5.85. The highest BCUT2D eigenvalue weighted by molar-refractivity contribution is 5.81. The minimum Gasteiger partial charge on any atom is -0.493 e. The smallest absolute Gasteiger partial charge is 0.387 e. The van der Waals surface area contributed by atoms with Crippen LogP contribution in [0, 0.1) is 0 Å². The van der Waals surface area contributed by atoms with Crippen molar-refractivity contribution in [3.05, 3.63) is 23.8 Å². The van der Waals surface area contributed by atoms with Crippen LogP contribution < -0.4 is 9.47 Å². The molecule has 0 radical (unpaired) electrons. The molecule has 0 spiro atoms. The summed E-state index contributed by atoms with van der Waals surface area (Å²) in [6.07, 6.45) is 1.31. The molecule has 9 heteroatoms. The van der Waals surface area contributed by atoms with E-state index in [1.54, 1.807) is 4.90 Å². The second-order valence-electron chi connectivity index (χ2n) is 5.85. The van der Waals surface area contributed by atoms with Crippen molar-refractivity contribution < 1.29 is 32.6 Å². The zero-order valence-corrected chi connectivity index (χ0v) is 14.9. The maximum atomic E-state index is 12.3. The number of morpholine rings is 1. The molecule has 1 saturated heterocycles. The number of ether oxygens (including phenoxy) is 3. The molecular weight excluding hydrogens is 350 g/mol. The van der Waals surface area contributed by atoms with Crippen LogP contribution in [0.4, 0.5) is 8.78 Å². The van der Waals surface area contributed by atoms with E-state index in [1.165, 1.54) is 31.5 Å². The van der Waals surface area contributed by atoms with Gasteiger partial charge in [-0.15, -0.1) is 0 Å². The number of hydrogen-bond donors (Lipinski definition) is 0. The molecule has 0 aliphatic carbocycles. The normalized spacial score (nSPS) is 20.5. The number of amides is 1. The topological polar surface area (TPSA) is 69.6 Å². The Balaban J connectivity index is 1.87. The Kier molecular flexibility index (Phi) is 7.14. The van der Waals surface area contributed by atoms with Crippen molar-refractivity contribution in [3.8, 4) is 11.5 Å². The summed E-state index contributed by atoms with van der Waals surface area (Å²) in [6.45, 7) is 1.70. The average molecular weight is 372 g/mol. The number of nitrogens with zero attached hydrogens (tertiary/aromatic N) is 2. The molecule has 0 saturated carbocycles. The standard InChI is InChI=1S/C17H22F2N2O5/c1-11-8-21(9-12(2)25-11)16(22)10-24-20-7-13-4-5-14(26-17(18)19)15(6-13)23-3/h4-7,11-12,17H,8-10H2,1-3H3/b20-7+. The number of methoxy groups -OCH3 is 1. The quantitative estimate of drug-likeness (QED) is 0.543. The van der Waals surface area contributed by atoms with Gasteiger partial charge < -0.3 is 23.9 Å². The fourth-order valence-electron chi connectivity index (χ4n) is 2.62. The number of benzene rings is 1.